The number of aliphatic carboxylic acids is 1. The van der Waals surface area contributed by atoms with Gasteiger partial charge >= 0.3 is 5.97 Å². The number of fused-ring (bicyclic) bond motifs is 1. The number of carboxylic acids is 1. The summed E-state index contributed by atoms with van der Waals surface area (Å²) < 4.78 is 32.9. The van der Waals surface area contributed by atoms with E-state index in [0.29, 0.717) is 22.2 Å². The maximum Gasteiger partial charge on any atom is 0.303 e. The second-order valence-electron chi connectivity index (χ2n) is 6.01. The van der Waals surface area contributed by atoms with Crippen LogP contribution in [0.2, 0.25) is 0 Å². The van der Waals surface area contributed by atoms with E-state index in [0.717, 1.165) is 9.75 Å². The molecule has 0 fully saturated rings. The summed E-state index contributed by atoms with van der Waals surface area (Å²) in [6.45, 7) is 3.65. The Bertz CT molecular complexity index is 1090. The van der Waals surface area contributed by atoms with Crippen LogP contribution in [0.4, 0.5) is 0 Å². The third-order valence-electron chi connectivity index (χ3n) is 4.20. The van der Waals surface area contributed by atoms with Crippen molar-refractivity contribution < 1.29 is 23.1 Å². The van der Waals surface area contributed by atoms with Crippen LogP contribution in [0.1, 0.15) is 21.7 Å². The van der Waals surface area contributed by atoms with E-state index in [1.54, 1.807) is 31.2 Å². The molecule has 0 aliphatic carbocycles. The zero-order chi connectivity index (χ0) is 19.1. The van der Waals surface area contributed by atoms with Crippen molar-refractivity contribution in [3.63, 3.8) is 0 Å². The van der Waals surface area contributed by atoms with Crippen molar-refractivity contribution in [3.05, 3.63) is 45.8 Å². The molecule has 1 aromatic carbocycles. The van der Waals surface area contributed by atoms with E-state index in [1.165, 1.54) is 28.6 Å². The lowest BCUT2D eigenvalue weighted by molar-refractivity contribution is -0.136. The van der Waals surface area contributed by atoms with Gasteiger partial charge in [-0.15, -0.1) is 11.3 Å². The topological polar surface area (TPSA) is 85.6 Å². The Hall–Kier alpha value is -2.32. The Morgan fingerprint density at radius 3 is 2.58 bits per heavy atom. The summed E-state index contributed by atoms with van der Waals surface area (Å²) in [6, 6.07) is 6.79. The number of methoxy groups -OCH3 is 1. The minimum Gasteiger partial charge on any atom is -0.497 e. The first kappa shape index (κ1) is 18.5. The van der Waals surface area contributed by atoms with Gasteiger partial charge in [-0.3, -0.25) is 4.79 Å². The molecular formula is C18H19NO5S2. The van der Waals surface area contributed by atoms with Gasteiger partial charge < -0.3 is 9.84 Å². The standard InChI is InChI=1S/C18H19NO5S2/c1-11-8-17(12(2)25-11)26(22,23)19-10-13(4-7-18(20)21)15-9-14(24-3)5-6-16(15)19/h5-6,8-10H,4,7H2,1-3H3,(H,20,21). The number of hydrogen-bond donors (Lipinski definition) is 1. The van der Waals surface area contributed by atoms with Crippen molar-refractivity contribution in [1.82, 2.24) is 3.97 Å². The summed E-state index contributed by atoms with van der Waals surface area (Å²) in [6.07, 6.45) is 1.69. The van der Waals surface area contributed by atoms with Crippen LogP contribution in [0.15, 0.2) is 35.4 Å². The quantitative estimate of drug-likeness (QED) is 0.692. The number of carboxylic acid groups (broad SMARTS) is 1. The van der Waals surface area contributed by atoms with Crippen LogP contribution in [0.5, 0.6) is 5.75 Å². The Balaban J connectivity index is 2.22. The first-order valence-corrected chi connectivity index (χ1v) is 10.2. The van der Waals surface area contributed by atoms with E-state index in [2.05, 4.69) is 0 Å². The van der Waals surface area contributed by atoms with E-state index in [9.17, 15) is 13.2 Å². The van der Waals surface area contributed by atoms with Crippen LogP contribution >= 0.6 is 11.3 Å². The molecule has 26 heavy (non-hydrogen) atoms. The van der Waals surface area contributed by atoms with Crippen LogP contribution in [0, 0.1) is 13.8 Å². The van der Waals surface area contributed by atoms with Crippen molar-refractivity contribution in [1.29, 1.82) is 0 Å². The highest BCUT2D eigenvalue weighted by molar-refractivity contribution is 7.90. The van der Waals surface area contributed by atoms with Gasteiger partial charge in [0.05, 0.1) is 12.6 Å². The van der Waals surface area contributed by atoms with Crippen LogP contribution in [0.25, 0.3) is 10.9 Å². The number of rotatable bonds is 6. The van der Waals surface area contributed by atoms with Gasteiger partial charge in [-0.2, -0.15) is 0 Å². The number of nitrogens with zero attached hydrogens (tertiary/aromatic N) is 1. The predicted octanol–water partition coefficient (Wildman–Crippen LogP) is 3.58. The number of aryl methyl sites for hydroxylation is 3. The normalized spacial score (nSPS) is 11.8. The molecule has 8 heteroatoms. The average molecular weight is 393 g/mol. The highest BCUT2D eigenvalue weighted by Crippen LogP contribution is 2.32. The summed E-state index contributed by atoms with van der Waals surface area (Å²) in [5.74, 6) is -0.340. The molecule has 0 unspecified atom stereocenters. The summed E-state index contributed by atoms with van der Waals surface area (Å²) in [5, 5.41) is 9.66. The second-order valence-corrected chi connectivity index (χ2v) is 9.25. The lowest BCUT2D eigenvalue weighted by atomic mass is 10.1. The number of ether oxygens (including phenoxy) is 1. The minimum atomic E-state index is -3.77. The van der Waals surface area contributed by atoms with Gasteiger partial charge in [-0.25, -0.2) is 12.4 Å². The van der Waals surface area contributed by atoms with Crippen molar-refractivity contribution in [2.45, 2.75) is 31.6 Å². The van der Waals surface area contributed by atoms with Crippen LogP contribution in [-0.4, -0.2) is 30.6 Å². The molecule has 1 N–H and O–H groups in total. The smallest absolute Gasteiger partial charge is 0.303 e. The number of thiophene rings is 1. The SMILES string of the molecule is COc1ccc2c(c1)c(CCC(=O)O)cn2S(=O)(=O)c1cc(C)sc1C. The van der Waals surface area contributed by atoms with Crippen molar-refractivity contribution in [3.8, 4) is 5.75 Å². The second kappa shape index (κ2) is 6.77. The van der Waals surface area contributed by atoms with Crippen LogP contribution in [-0.2, 0) is 21.2 Å². The zero-order valence-corrected chi connectivity index (χ0v) is 16.3. The van der Waals surface area contributed by atoms with E-state index in [4.69, 9.17) is 9.84 Å². The molecule has 138 valence electrons. The van der Waals surface area contributed by atoms with Crippen molar-refractivity contribution in [2.75, 3.05) is 7.11 Å². The molecule has 0 spiro atoms. The van der Waals surface area contributed by atoms with E-state index < -0.39 is 16.0 Å². The molecule has 0 saturated heterocycles. The molecule has 0 atom stereocenters. The minimum absolute atomic E-state index is 0.0764. The number of benzene rings is 1. The van der Waals surface area contributed by atoms with Crippen molar-refractivity contribution >= 4 is 38.2 Å². The largest absolute Gasteiger partial charge is 0.497 e. The molecule has 0 aliphatic rings. The van der Waals surface area contributed by atoms with Gasteiger partial charge in [0.2, 0.25) is 0 Å². The monoisotopic (exact) mass is 393 g/mol. The summed E-state index contributed by atoms with van der Waals surface area (Å²) >= 11 is 1.43. The summed E-state index contributed by atoms with van der Waals surface area (Å²) in [5.41, 5.74) is 1.17. The first-order chi connectivity index (χ1) is 12.2. The third kappa shape index (κ3) is 3.22. The summed E-state index contributed by atoms with van der Waals surface area (Å²) in [7, 11) is -2.24. The number of aromatic nitrogens is 1. The highest BCUT2D eigenvalue weighted by atomic mass is 32.2. The average Bonchev–Trinajstić information content (AvgIpc) is 3.12. The maximum absolute atomic E-state index is 13.2. The molecule has 0 radical (unpaired) electrons. The Morgan fingerprint density at radius 2 is 2.00 bits per heavy atom. The van der Waals surface area contributed by atoms with E-state index in [1.807, 2.05) is 6.92 Å². The third-order valence-corrected chi connectivity index (χ3v) is 7.10. The van der Waals surface area contributed by atoms with Crippen LogP contribution < -0.4 is 4.74 Å². The fraction of sp³-hybridized carbons (Fsp3) is 0.278. The molecule has 0 amide bonds. The van der Waals surface area contributed by atoms with Gasteiger partial charge in [0.15, 0.2) is 0 Å². The molecule has 3 aromatic rings. The van der Waals surface area contributed by atoms with Gasteiger partial charge in [-0.1, -0.05) is 0 Å². The molecule has 0 bridgehead atoms. The van der Waals surface area contributed by atoms with Crippen molar-refractivity contribution in [2.24, 2.45) is 0 Å². The van der Waals surface area contributed by atoms with E-state index >= 15 is 0 Å². The summed E-state index contributed by atoms with van der Waals surface area (Å²) in [4.78, 5) is 12.9. The van der Waals surface area contributed by atoms with Gasteiger partial charge in [0.1, 0.15) is 10.6 Å². The maximum atomic E-state index is 13.2. The molecule has 2 aromatic heterocycles. The fourth-order valence-corrected chi connectivity index (χ4v) is 5.90. The molecule has 6 nitrogen and oxygen atoms in total. The predicted molar refractivity (Wildman–Crippen MR) is 101 cm³/mol. The Kier molecular flexibility index (Phi) is 4.81. The molecule has 2 heterocycles. The Labute approximate surface area is 155 Å². The highest BCUT2D eigenvalue weighted by Gasteiger charge is 2.25. The van der Waals surface area contributed by atoms with Gasteiger partial charge in [-0.05, 0) is 50.1 Å². The molecule has 0 saturated carbocycles. The van der Waals surface area contributed by atoms with E-state index in [-0.39, 0.29) is 17.7 Å². The molecule has 3 rings (SSSR count). The number of hydrogen-bond acceptors (Lipinski definition) is 5. The van der Waals surface area contributed by atoms with Gasteiger partial charge in [0, 0.05) is 27.8 Å². The lowest BCUT2D eigenvalue weighted by Crippen LogP contribution is -2.12. The number of carbonyl (C=O) groups is 1. The molecule has 0 aliphatic heterocycles. The van der Waals surface area contributed by atoms with Crippen LogP contribution in [0.3, 0.4) is 0 Å². The lowest BCUT2D eigenvalue weighted by Gasteiger charge is -2.07. The van der Waals surface area contributed by atoms with Gasteiger partial charge in [0.25, 0.3) is 10.0 Å². The Morgan fingerprint density at radius 1 is 1.27 bits per heavy atom. The molecular weight excluding hydrogens is 374 g/mol. The first-order valence-electron chi connectivity index (χ1n) is 7.96. The zero-order valence-electron chi connectivity index (χ0n) is 14.6. The fourth-order valence-electron chi connectivity index (χ4n) is 2.98.